The van der Waals surface area contributed by atoms with Crippen molar-refractivity contribution < 1.29 is 9.15 Å². The van der Waals surface area contributed by atoms with Crippen LogP contribution in [0.1, 0.15) is 5.56 Å². The van der Waals surface area contributed by atoms with Gasteiger partial charge in [-0.2, -0.15) is 0 Å². The molecule has 0 aliphatic rings. The molecule has 0 spiro atoms. The zero-order valence-corrected chi connectivity index (χ0v) is 16.6. The maximum absolute atomic E-state index is 6.05. The van der Waals surface area contributed by atoms with Crippen molar-refractivity contribution in [3.05, 3.63) is 95.6 Å². The van der Waals surface area contributed by atoms with Gasteiger partial charge in [-0.05, 0) is 48.5 Å². The molecule has 3 aromatic carbocycles. The number of fused-ring (bicyclic) bond motifs is 1. The Morgan fingerprint density at radius 1 is 0.767 bits per heavy atom. The molecule has 0 saturated carbocycles. The van der Waals surface area contributed by atoms with E-state index < -0.39 is 0 Å². The highest BCUT2D eigenvalue weighted by molar-refractivity contribution is 6.30. The van der Waals surface area contributed by atoms with E-state index in [0.717, 1.165) is 33.3 Å². The van der Waals surface area contributed by atoms with Crippen LogP contribution in [0.5, 0.6) is 5.75 Å². The first-order valence-electron chi connectivity index (χ1n) is 9.42. The minimum Gasteiger partial charge on any atom is -0.489 e. The normalized spacial score (nSPS) is 11.0. The van der Waals surface area contributed by atoms with Gasteiger partial charge < -0.3 is 9.15 Å². The number of nitrogens with zero attached hydrogens (tertiary/aromatic N) is 3. The number of hydrogen-bond acceptors (Lipinski definition) is 5. The summed E-state index contributed by atoms with van der Waals surface area (Å²) in [7, 11) is 0. The molecular weight excluding hydrogens is 398 g/mol. The fourth-order valence-electron chi connectivity index (χ4n) is 3.28. The molecule has 0 aliphatic carbocycles. The first-order chi connectivity index (χ1) is 14.8. The van der Waals surface area contributed by atoms with E-state index in [4.69, 9.17) is 20.8 Å². The molecule has 0 unspecified atom stereocenters. The molecule has 146 valence electrons. The predicted molar refractivity (Wildman–Crippen MR) is 116 cm³/mol. The van der Waals surface area contributed by atoms with Gasteiger partial charge in [0.25, 0.3) is 0 Å². The Balaban J connectivity index is 1.46. The molecule has 0 N–H and O–H groups in total. The van der Waals surface area contributed by atoms with Crippen molar-refractivity contribution in [1.82, 2.24) is 15.2 Å². The summed E-state index contributed by atoms with van der Waals surface area (Å²) in [4.78, 5) is 4.39. The van der Waals surface area contributed by atoms with Crippen molar-refractivity contribution in [2.45, 2.75) is 6.61 Å². The molecule has 30 heavy (non-hydrogen) atoms. The molecule has 0 amide bonds. The number of rotatable bonds is 5. The van der Waals surface area contributed by atoms with Gasteiger partial charge in [0.05, 0.1) is 5.52 Å². The second kappa shape index (κ2) is 7.97. The largest absolute Gasteiger partial charge is 0.489 e. The van der Waals surface area contributed by atoms with Gasteiger partial charge in [0.1, 0.15) is 12.4 Å². The first kappa shape index (κ1) is 18.3. The van der Waals surface area contributed by atoms with Crippen molar-refractivity contribution in [3.8, 4) is 28.7 Å². The van der Waals surface area contributed by atoms with Gasteiger partial charge in [0.15, 0.2) is 0 Å². The molecule has 6 heteroatoms. The van der Waals surface area contributed by atoms with Crippen LogP contribution in [0.4, 0.5) is 0 Å². The van der Waals surface area contributed by atoms with Crippen LogP contribution < -0.4 is 4.74 Å². The monoisotopic (exact) mass is 413 g/mol. The van der Waals surface area contributed by atoms with Crippen molar-refractivity contribution in [2.75, 3.05) is 0 Å². The smallest absolute Gasteiger partial charge is 0.248 e. The lowest BCUT2D eigenvalue weighted by Crippen LogP contribution is -1.98. The average Bonchev–Trinajstić information content (AvgIpc) is 3.28. The molecule has 0 aliphatic heterocycles. The van der Waals surface area contributed by atoms with E-state index in [1.807, 2.05) is 66.7 Å². The second-order valence-electron chi connectivity index (χ2n) is 6.69. The topological polar surface area (TPSA) is 61.0 Å². The number of halogens is 1. The Morgan fingerprint density at radius 3 is 2.40 bits per heavy atom. The van der Waals surface area contributed by atoms with E-state index in [-0.39, 0.29) is 0 Å². The molecule has 2 heterocycles. The lowest BCUT2D eigenvalue weighted by atomic mass is 10.1. The zero-order valence-electron chi connectivity index (χ0n) is 15.8. The molecule has 5 rings (SSSR count). The Kier molecular flexibility index (Phi) is 4.87. The van der Waals surface area contributed by atoms with E-state index in [9.17, 15) is 0 Å². The molecule has 0 bridgehead atoms. The van der Waals surface area contributed by atoms with Crippen molar-refractivity contribution in [2.24, 2.45) is 0 Å². The van der Waals surface area contributed by atoms with E-state index in [1.54, 1.807) is 18.3 Å². The Hall–Kier alpha value is -3.70. The fourth-order valence-corrected chi connectivity index (χ4v) is 3.40. The lowest BCUT2D eigenvalue weighted by Gasteiger charge is -2.09. The minimum absolute atomic E-state index is 0.369. The Labute approximate surface area is 177 Å². The van der Waals surface area contributed by atoms with E-state index >= 15 is 0 Å². The minimum atomic E-state index is 0.369. The molecular formula is C24H16ClN3O2. The molecule has 0 fully saturated rings. The summed E-state index contributed by atoms with van der Waals surface area (Å²) < 4.78 is 12.0. The highest BCUT2D eigenvalue weighted by Gasteiger charge is 2.16. The maximum Gasteiger partial charge on any atom is 0.248 e. The number of ether oxygens (including phenoxy) is 1. The quantitative estimate of drug-likeness (QED) is 0.344. The Bertz CT molecular complexity index is 1310. The van der Waals surface area contributed by atoms with Crippen LogP contribution in [0.2, 0.25) is 5.02 Å². The van der Waals surface area contributed by atoms with Crippen molar-refractivity contribution in [1.29, 1.82) is 0 Å². The summed E-state index contributed by atoms with van der Waals surface area (Å²) in [5.74, 6) is 1.64. The second-order valence-corrected chi connectivity index (χ2v) is 7.12. The van der Waals surface area contributed by atoms with Crippen LogP contribution in [-0.2, 0) is 6.61 Å². The predicted octanol–water partition coefficient (Wildman–Crippen LogP) is 6.18. The fraction of sp³-hybridized carbons (Fsp3) is 0.0417. The van der Waals surface area contributed by atoms with Crippen molar-refractivity contribution in [3.63, 3.8) is 0 Å². The van der Waals surface area contributed by atoms with Gasteiger partial charge in [0, 0.05) is 33.3 Å². The summed E-state index contributed by atoms with van der Waals surface area (Å²) in [5.41, 5.74) is 3.52. The number of pyridine rings is 1. The molecule has 0 radical (unpaired) electrons. The summed E-state index contributed by atoms with van der Waals surface area (Å²) >= 11 is 5.94. The van der Waals surface area contributed by atoms with Gasteiger partial charge in [-0.15, -0.1) is 10.2 Å². The van der Waals surface area contributed by atoms with Gasteiger partial charge in [0.2, 0.25) is 11.8 Å². The number of benzene rings is 3. The highest BCUT2D eigenvalue weighted by Crippen LogP contribution is 2.30. The molecule has 5 nitrogen and oxygen atoms in total. The van der Waals surface area contributed by atoms with E-state index in [0.29, 0.717) is 23.4 Å². The summed E-state index contributed by atoms with van der Waals surface area (Å²) in [6.45, 7) is 0.369. The van der Waals surface area contributed by atoms with Gasteiger partial charge >= 0.3 is 0 Å². The third-order valence-electron chi connectivity index (χ3n) is 4.76. The van der Waals surface area contributed by atoms with Crippen LogP contribution in [0.15, 0.2) is 89.5 Å². The van der Waals surface area contributed by atoms with Crippen LogP contribution in [0, 0.1) is 0 Å². The highest BCUT2D eigenvalue weighted by atomic mass is 35.5. The van der Waals surface area contributed by atoms with Gasteiger partial charge in [-0.3, -0.25) is 4.98 Å². The van der Waals surface area contributed by atoms with E-state index in [1.165, 1.54) is 0 Å². The maximum atomic E-state index is 6.05. The summed E-state index contributed by atoms with van der Waals surface area (Å²) in [6, 6.07) is 24.8. The third kappa shape index (κ3) is 3.63. The number of aromatic nitrogens is 3. The molecule has 0 saturated heterocycles. The lowest BCUT2D eigenvalue weighted by molar-refractivity contribution is 0.306. The van der Waals surface area contributed by atoms with Crippen molar-refractivity contribution >= 4 is 22.5 Å². The van der Waals surface area contributed by atoms with Gasteiger partial charge in [-0.25, -0.2) is 0 Å². The van der Waals surface area contributed by atoms with Crippen LogP contribution in [0.3, 0.4) is 0 Å². The third-order valence-corrected chi connectivity index (χ3v) is 5.01. The molecule has 2 aromatic heterocycles. The Morgan fingerprint density at radius 2 is 1.53 bits per heavy atom. The number of hydrogen-bond donors (Lipinski definition) is 0. The molecule has 5 aromatic rings. The zero-order chi connectivity index (χ0) is 20.3. The summed E-state index contributed by atoms with van der Waals surface area (Å²) in [5, 5.41) is 10.2. The van der Waals surface area contributed by atoms with Crippen LogP contribution in [-0.4, -0.2) is 15.2 Å². The van der Waals surface area contributed by atoms with E-state index in [2.05, 4.69) is 15.2 Å². The molecule has 0 atom stereocenters. The van der Waals surface area contributed by atoms with Crippen LogP contribution >= 0.6 is 11.6 Å². The average molecular weight is 414 g/mol. The SMILES string of the molecule is Clc1ccc(OCc2ccccc2-c2nnc(-c3cccc4ncccc34)o2)cc1. The van der Waals surface area contributed by atoms with Crippen LogP contribution in [0.25, 0.3) is 33.8 Å². The van der Waals surface area contributed by atoms with Gasteiger partial charge in [-0.1, -0.05) is 41.9 Å². The first-order valence-corrected chi connectivity index (χ1v) is 9.80. The standard InChI is InChI=1S/C24H16ClN3O2/c25-17-10-12-18(13-11-17)29-15-16-5-1-2-6-19(16)23-27-28-24(30-23)21-7-3-9-22-20(21)8-4-14-26-22/h1-14H,15H2. The summed E-state index contributed by atoms with van der Waals surface area (Å²) in [6.07, 6.45) is 1.77.